The first-order valence-electron chi connectivity index (χ1n) is 8.68. The van der Waals surface area contributed by atoms with Gasteiger partial charge in [0.25, 0.3) is 0 Å². The highest BCUT2D eigenvalue weighted by atomic mass is 32.1. The number of benzene rings is 1. The predicted octanol–water partition coefficient (Wildman–Crippen LogP) is 3.57. The van der Waals surface area contributed by atoms with E-state index < -0.39 is 0 Å². The van der Waals surface area contributed by atoms with Crippen molar-refractivity contribution in [2.75, 3.05) is 26.0 Å². The van der Waals surface area contributed by atoms with Crippen LogP contribution >= 0.6 is 11.3 Å². The van der Waals surface area contributed by atoms with Crippen LogP contribution in [0.15, 0.2) is 35.7 Å². The number of anilines is 1. The van der Waals surface area contributed by atoms with E-state index in [0.717, 1.165) is 11.4 Å². The number of urea groups is 1. The fourth-order valence-corrected chi connectivity index (χ4v) is 3.93. The van der Waals surface area contributed by atoms with Crippen molar-refractivity contribution in [2.24, 2.45) is 0 Å². The van der Waals surface area contributed by atoms with Crippen LogP contribution in [0.4, 0.5) is 10.5 Å². The van der Waals surface area contributed by atoms with Gasteiger partial charge in [-0.1, -0.05) is 12.1 Å². The molecule has 0 saturated carbocycles. The van der Waals surface area contributed by atoms with Crippen molar-refractivity contribution in [1.29, 1.82) is 0 Å². The number of carbonyl (C=O) groups excluding carboxylic acids is 1. The lowest BCUT2D eigenvalue weighted by Crippen LogP contribution is -2.36. The summed E-state index contributed by atoms with van der Waals surface area (Å²) in [6.07, 6.45) is 0. The zero-order valence-electron chi connectivity index (χ0n) is 15.9. The second-order valence-electron chi connectivity index (χ2n) is 6.61. The molecule has 0 radical (unpaired) electrons. The van der Waals surface area contributed by atoms with Gasteiger partial charge in [0.1, 0.15) is 5.82 Å². The Bertz CT molecular complexity index is 916. The van der Waals surface area contributed by atoms with Gasteiger partial charge >= 0.3 is 6.03 Å². The Kier molecular flexibility index (Phi) is 5.88. The molecule has 0 bridgehead atoms. The molecule has 0 fully saturated rings. The Hall–Kier alpha value is -2.71. The van der Waals surface area contributed by atoms with E-state index in [1.54, 1.807) is 11.3 Å². The number of nitrogens with one attached hydrogen (secondary N) is 3. The normalized spacial score (nSPS) is 12.2. The molecule has 0 unspecified atom stereocenters. The minimum atomic E-state index is -0.237. The van der Waals surface area contributed by atoms with Gasteiger partial charge < -0.3 is 15.5 Å². The Morgan fingerprint density at radius 1 is 1.30 bits per heavy atom. The standard InChI is InChI=1S/C19H24N6OS/c1-12-8-9-27-17(12)16(25(3)4)11-20-19(26)22-15-7-5-6-14(10-15)18-21-13(2)23-24-18/h5-10,16H,11H2,1-4H3,(H2,20,22,26)(H,21,23,24)/t16-/m1/s1. The van der Waals surface area contributed by atoms with Crippen molar-refractivity contribution in [3.05, 3.63) is 52.0 Å². The monoisotopic (exact) mass is 384 g/mol. The van der Waals surface area contributed by atoms with E-state index in [-0.39, 0.29) is 12.1 Å². The second kappa shape index (κ2) is 8.32. The number of amides is 2. The summed E-state index contributed by atoms with van der Waals surface area (Å²) in [5, 5.41) is 14.9. The molecule has 2 aromatic heterocycles. The van der Waals surface area contributed by atoms with E-state index in [1.165, 1.54) is 10.4 Å². The van der Waals surface area contributed by atoms with E-state index >= 15 is 0 Å². The van der Waals surface area contributed by atoms with Crippen LogP contribution in [-0.4, -0.2) is 46.8 Å². The lowest BCUT2D eigenvalue weighted by molar-refractivity contribution is 0.244. The highest BCUT2D eigenvalue weighted by Gasteiger charge is 2.18. The van der Waals surface area contributed by atoms with Gasteiger partial charge in [0.2, 0.25) is 0 Å². The number of carbonyl (C=O) groups is 1. The minimum Gasteiger partial charge on any atom is -0.336 e. The van der Waals surface area contributed by atoms with Gasteiger partial charge in [-0.3, -0.25) is 5.10 Å². The van der Waals surface area contributed by atoms with Gasteiger partial charge in [0.05, 0.1) is 6.04 Å². The third-order valence-corrected chi connectivity index (χ3v) is 5.38. The fraction of sp³-hybridized carbons (Fsp3) is 0.316. The Balaban J connectivity index is 1.63. The van der Waals surface area contributed by atoms with Crippen molar-refractivity contribution in [2.45, 2.75) is 19.9 Å². The van der Waals surface area contributed by atoms with Gasteiger partial charge in [0, 0.05) is 22.7 Å². The van der Waals surface area contributed by atoms with Gasteiger partial charge in [-0.2, -0.15) is 5.10 Å². The maximum absolute atomic E-state index is 12.4. The number of hydrogen-bond donors (Lipinski definition) is 3. The average molecular weight is 385 g/mol. The van der Waals surface area contributed by atoms with Crippen molar-refractivity contribution in [3.63, 3.8) is 0 Å². The molecule has 8 heteroatoms. The zero-order chi connectivity index (χ0) is 19.4. The summed E-state index contributed by atoms with van der Waals surface area (Å²) in [7, 11) is 4.04. The molecule has 3 rings (SSSR count). The van der Waals surface area contributed by atoms with Crippen LogP contribution in [0.3, 0.4) is 0 Å². The summed E-state index contributed by atoms with van der Waals surface area (Å²) in [4.78, 5) is 20.1. The minimum absolute atomic E-state index is 0.137. The third-order valence-electron chi connectivity index (χ3n) is 4.26. The zero-order valence-corrected chi connectivity index (χ0v) is 16.7. The van der Waals surface area contributed by atoms with E-state index in [0.29, 0.717) is 18.1 Å². The Labute approximate surface area is 162 Å². The van der Waals surface area contributed by atoms with Crippen molar-refractivity contribution in [3.8, 4) is 11.4 Å². The summed E-state index contributed by atoms with van der Waals surface area (Å²) < 4.78 is 0. The third kappa shape index (κ3) is 4.72. The Morgan fingerprint density at radius 3 is 2.74 bits per heavy atom. The predicted molar refractivity (Wildman–Crippen MR) is 109 cm³/mol. The quantitative estimate of drug-likeness (QED) is 0.606. The maximum Gasteiger partial charge on any atom is 0.319 e. The molecular weight excluding hydrogens is 360 g/mol. The van der Waals surface area contributed by atoms with Crippen molar-refractivity contribution >= 4 is 23.1 Å². The average Bonchev–Trinajstić information content (AvgIpc) is 3.24. The smallest absolute Gasteiger partial charge is 0.319 e. The molecule has 2 heterocycles. The second-order valence-corrected chi connectivity index (χ2v) is 7.56. The lowest BCUT2D eigenvalue weighted by Gasteiger charge is -2.24. The molecule has 0 spiro atoms. The number of hydrogen-bond acceptors (Lipinski definition) is 5. The number of likely N-dealkylation sites (N-methyl/N-ethyl adjacent to an activating group) is 1. The van der Waals surface area contributed by atoms with Crippen LogP contribution in [0.25, 0.3) is 11.4 Å². The highest BCUT2D eigenvalue weighted by molar-refractivity contribution is 7.10. The molecule has 1 atom stereocenters. The van der Waals surface area contributed by atoms with Crippen LogP contribution < -0.4 is 10.6 Å². The summed E-state index contributed by atoms with van der Waals surface area (Å²) in [6.45, 7) is 4.47. The summed E-state index contributed by atoms with van der Waals surface area (Å²) in [5.74, 6) is 1.36. The number of aryl methyl sites for hydroxylation is 2. The van der Waals surface area contributed by atoms with Crippen molar-refractivity contribution < 1.29 is 4.79 Å². The van der Waals surface area contributed by atoms with E-state index in [2.05, 4.69) is 49.1 Å². The molecule has 0 aliphatic carbocycles. The fourth-order valence-electron chi connectivity index (χ4n) is 2.81. The van der Waals surface area contributed by atoms with Crippen LogP contribution in [0, 0.1) is 13.8 Å². The maximum atomic E-state index is 12.4. The van der Waals surface area contributed by atoms with E-state index in [1.807, 2.05) is 45.3 Å². The molecule has 2 amide bonds. The van der Waals surface area contributed by atoms with Gasteiger partial charge in [-0.25, -0.2) is 9.78 Å². The topological polar surface area (TPSA) is 85.9 Å². The molecule has 0 saturated heterocycles. The first kappa shape index (κ1) is 19.1. The number of aromatic nitrogens is 3. The first-order chi connectivity index (χ1) is 12.9. The largest absolute Gasteiger partial charge is 0.336 e. The van der Waals surface area contributed by atoms with Crippen molar-refractivity contribution in [1.82, 2.24) is 25.4 Å². The molecule has 7 nitrogen and oxygen atoms in total. The number of nitrogens with zero attached hydrogens (tertiary/aromatic N) is 3. The molecule has 1 aromatic carbocycles. The molecule has 27 heavy (non-hydrogen) atoms. The Morgan fingerprint density at radius 2 is 2.11 bits per heavy atom. The first-order valence-corrected chi connectivity index (χ1v) is 9.56. The SMILES string of the molecule is Cc1nc(-c2cccc(NC(=O)NC[C@H](c3sccc3C)N(C)C)c2)n[nH]1. The number of rotatable bonds is 6. The molecule has 0 aliphatic rings. The molecular formula is C19H24N6OS. The van der Waals surface area contributed by atoms with E-state index in [4.69, 9.17) is 0 Å². The highest BCUT2D eigenvalue weighted by Crippen LogP contribution is 2.26. The van der Waals surface area contributed by atoms with Gasteiger partial charge in [-0.15, -0.1) is 11.3 Å². The van der Waals surface area contributed by atoms with Crippen LogP contribution in [0.5, 0.6) is 0 Å². The summed E-state index contributed by atoms with van der Waals surface area (Å²) in [6, 6.07) is 9.48. The summed E-state index contributed by atoms with van der Waals surface area (Å²) in [5.41, 5.74) is 2.79. The summed E-state index contributed by atoms with van der Waals surface area (Å²) >= 11 is 1.71. The van der Waals surface area contributed by atoms with E-state index in [9.17, 15) is 4.79 Å². The molecule has 0 aliphatic heterocycles. The molecule has 142 valence electrons. The van der Waals surface area contributed by atoms with Crippen LogP contribution in [0.2, 0.25) is 0 Å². The number of thiophene rings is 1. The van der Waals surface area contributed by atoms with Crippen LogP contribution in [0.1, 0.15) is 22.3 Å². The molecule has 3 aromatic rings. The van der Waals surface area contributed by atoms with Gasteiger partial charge in [-0.05, 0) is 57.1 Å². The molecule has 3 N–H and O–H groups in total. The van der Waals surface area contributed by atoms with Crippen LogP contribution in [-0.2, 0) is 0 Å². The number of aromatic amines is 1. The number of H-pyrrole nitrogens is 1. The lowest BCUT2D eigenvalue weighted by atomic mass is 10.1. The van der Waals surface area contributed by atoms with Gasteiger partial charge in [0.15, 0.2) is 5.82 Å².